The number of hydrogen-bond acceptors (Lipinski definition) is 2. The van der Waals surface area contributed by atoms with Crippen LogP contribution >= 0.6 is 0 Å². The molecule has 3 heteroatoms. The summed E-state index contributed by atoms with van der Waals surface area (Å²) in [4.78, 5) is 4.87. The molecule has 1 heterocycles. The van der Waals surface area contributed by atoms with Crippen molar-refractivity contribution in [2.45, 2.75) is 58.4 Å². The van der Waals surface area contributed by atoms with E-state index in [1.807, 2.05) is 12.1 Å². The number of aromatic nitrogens is 2. The lowest BCUT2D eigenvalue weighted by Gasteiger charge is -2.32. The van der Waals surface area contributed by atoms with Gasteiger partial charge in [0.1, 0.15) is 5.82 Å². The highest BCUT2D eigenvalue weighted by Gasteiger charge is 2.27. The third-order valence-electron chi connectivity index (χ3n) is 4.66. The average molecular weight is 271 g/mol. The van der Waals surface area contributed by atoms with Gasteiger partial charge in [-0.15, -0.1) is 0 Å². The fourth-order valence-electron chi connectivity index (χ4n) is 3.57. The van der Waals surface area contributed by atoms with Crippen molar-refractivity contribution >= 4 is 16.7 Å². The first kappa shape index (κ1) is 13.5. The molecule has 0 amide bonds. The molecule has 0 radical (unpaired) electrons. The molecule has 0 spiro atoms. The van der Waals surface area contributed by atoms with Gasteiger partial charge in [0.15, 0.2) is 0 Å². The first-order chi connectivity index (χ1) is 9.58. The maximum Gasteiger partial charge on any atom is 0.112 e. The van der Waals surface area contributed by atoms with Gasteiger partial charge in [0.05, 0.1) is 11.0 Å². The van der Waals surface area contributed by atoms with Gasteiger partial charge in [-0.1, -0.05) is 33.6 Å². The molecule has 108 valence electrons. The molecule has 1 saturated carbocycles. The molecule has 1 fully saturated rings. The van der Waals surface area contributed by atoms with E-state index >= 15 is 0 Å². The van der Waals surface area contributed by atoms with Gasteiger partial charge in [-0.05, 0) is 37.0 Å². The Morgan fingerprint density at radius 3 is 2.70 bits per heavy atom. The standard InChI is InChI=1S/C17H25N3/c1-11(2)17-19-14-10-13(18)8-9-16(14)20(17)15-7-5-4-6-12(15)3/h8-12,15H,4-7,18H2,1-3H3. The van der Waals surface area contributed by atoms with E-state index in [1.54, 1.807) is 0 Å². The number of rotatable bonds is 2. The number of hydrogen-bond donors (Lipinski definition) is 1. The van der Waals surface area contributed by atoms with E-state index in [9.17, 15) is 0 Å². The second-order valence-corrected chi connectivity index (χ2v) is 6.57. The Morgan fingerprint density at radius 1 is 1.25 bits per heavy atom. The zero-order chi connectivity index (χ0) is 14.3. The molecule has 1 aromatic heterocycles. The minimum absolute atomic E-state index is 0.442. The first-order valence-electron chi connectivity index (χ1n) is 7.85. The second kappa shape index (κ2) is 5.12. The van der Waals surface area contributed by atoms with Crippen molar-refractivity contribution in [1.82, 2.24) is 9.55 Å². The van der Waals surface area contributed by atoms with Crippen molar-refractivity contribution in [3.8, 4) is 0 Å². The largest absolute Gasteiger partial charge is 0.399 e. The highest BCUT2D eigenvalue weighted by Crippen LogP contribution is 2.38. The number of imidazole rings is 1. The Bertz CT molecular complexity index is 612. The maximum atomic E-state index is 5.92. The summed E-state index contributed by atoms with van der Waals surface area (Å²) in [6.07, 6.45) is 5.31. The van der Waals surface area contributed by atoms with E-state index in [-0.39, 0.29) is 0 Å². The van der Waals surface area contributed by atoms with Gasteiger partial charge in [-0.3, -0.25) is 0 Å². The van der Waals surface area contributed by atoms with Crippen LogP contribution < -0.4 is 5.73 Å². The summed E-state index contributed by atoms with van der Waals surface area (Å²) in [5, 5.41) is 0. The van der Waals surface area contributed by atoms with Crippen LogP contribution in [0.15, 0.2) is 18.2 Å². The van der Waals surface area contributed by atoms with Crippen molar-refractivity contribution in [2.75, 3.05) is 5.73 Å². The van der Waals surface area contributed by atoms with Crippen LogP contribution in [0.5, 0.6) is 0 Å². The molecule has 0 aliphatic heterocycles. The normalized spacial score (nSPS) is 23.6. The topological polar surface area (TPSA) is 43.8 Å². The highest BCUT2D eigenvalue weighted by atomic mass is 15.1. The van der Waals surface area contributed by atoms with Gasteiger partial charge in [0, 0.05) is 17.6 Å². The van der Waals surface area contributed by atoms with Crippen LogP contribution in [0.3, 0.4) is 0 Å². The molecule has 2 aromatic rings. The number of benzene rings is 1. The van der Waals surface area contributed by atoms with Crippen molar-refractivity contribution in [3.05, 3.63) is 24.0 Å². The second-order valence-electron chi connectivity index (χ2n) is 6.57. The van der Waals surface area contributed by atoms with Crippen LogP contribution in [0.4, 0.5) is 5.69 Å². The smallest absolute Gasteiger partial charge is 0.112 e. The van der Waals surface area contributed by atoms with Crippen LogP contribution in [0.1, 0.15) is 64.2 Å². The van der Waals surface area contributed by atoms with Crippen LogP contribution in [-0.4, -0.2) is 9.55 Å². The van der Waals surface area contributed by atoms with Gasteiger partial charge >= 0.3 is 0 Å². The molecule has 2 unspecified atom stereocenters. The lowest BCUT2D eigenvalue weighted by Crippen LogP contribution is -2.23. The fourth-order valence-corrected chi connectivity index (χ4v) is 3.57. The number of nitrogens with two attached hydrogens (primary N) is 1. The molecule has 3 rings (SSSR count). The van der Waals surface area contributed by atoms with Crippen molar-refractivity contribution in [2.24, 2.45) is 5.92 Å². The Balaban J connectivity index is 2.18. The molecule has 2 N–H and O–H groups in total. The Kier molecular flexibility index (Phi) is 3.45. The predicted molar refractivity (Wildman–Crippen MR) is 84.9 cm³/mol. The summed E-state index contributed by atoms with van der Waals surface area (Å²) in [6.45, 7) is 6.85. The molecule has 1 aromatic carbocycles. The average Bonchev–Trinajstić information content (AvgIpc) is 2.78. The minimum atomic E-state index is 0.442. The van der Waals surface area contributed by atoms with E-state index < -0.39 is 0 Å². The predicted octanol–water partition coefficient (Wildman–Crippen LogP) is 4.49. The number of anilines is 1. The summed E-state index contributed by atoms with van der Waals surface area (Å²) in [5.41, 5.74) is 9.02. The summed E-state index contributed by atoms with van der Waals surface area (Å²) in [5.74, 6) is 2.39. The zero-order valence-electron chi connectivity index (χ0n) is 12.8. The minimum Gasteiger partial charge on any atom is -0.399 e. The number of fused-ring (bicyclic) bond motifs is 1. The molecule has 0 saturated heterocycles. The summed E-state index contributed by atoms with van der Waals surface area (Å²) < 4.78 is 2.50. The van der Waals surface area contributed by atoms with Crippen molar-refractivity contribution in [3.63, 3.8) is 0 Å². The molecule has 0 bridgehead atoms. The van der Waals surface area contributed by atoms with Crippen LogP contribution in [-0.2, 0) is 0 Å². The maximum absolute atomic E-state index is 5.92. The van der Waals surface area contributed by atoms with Gasteiger partial charge in [0.2, 0.25) is 0 Å². The first-order valence-corrected chi connectivity index (χ1v) is 7.85. The number of nitrogen functional groups attached to an aromatic ring is 1. The molecule has 20 heavy (non-hydrogen) atoms. The van der Waals surface area contributed by atoms with Crippen molar-refractivity contribution in [1.29, 1.82) is 0 Å². The van der Waals surface area contributed by atoms with Crippen LogP contribution in [0.25, 0.3) is 11.0 Å². The van der Waals surface area contributed by atoms with Crippen LogP contribution in [0.2, 0.25) is 0 Å². The van der Waals surface area contributed by atoms with E-state index in [1.165, 1.54) is 37.0 Å². The summed E-state index contributed by atoms with van der Waals surface area (Å²) in [7, 11) is 0. The van der Waals surface area contributed by atoms with Gasteiger partial charge < -0.3 is 10.3 Å². The highest BCUT2D eigenvalue weighted by molar-refractivity contribution is 5.80. The fraction of sp³-hybridized carbons (Fsp3) is 0.588. The SMILES string of the molecule is CC(C)c1nc2cc(N)ccc2n1C1CCCCC1C. The van der Waals surface area contributed by atoms with Crippen LogP contribution in [0, 0.1) is 5.92 Å². The lowest BCUT2D eigenvalue weighted by molar-refractivity contribution is 0.256. The Morgan fingerprint density at radius 2 is 2.00 bits per heavy atom. The molecular formula is C17H25N3. The lowest BCUT2D eigenvalue weighted by atomic mass is 9.85. The molecule has 2 atom stereocenters. The molecular weight excluding hydrogens is 246 g/mol. The van der Waals surface area contributed by atoms with Gasteiger partial charge in [0.25, 0.3) is 0 Å². The monoisotopic (exact) mass is 271 g/mol. The summed E-state index contributed by atoms with van der Waals surface area (Å²) >= 11 is 0. The van der Waals surface area contributed by atoms with E-state index in [4.69, 9.17) is 10.7 Å². The molecule has 1 aliphatic carbocycles. The van der Waals surface area contributed by atoms with E-state index in [0.717, 1.165) is 17.1 Å². The molecule has 1 aliphatic rings. The molecule has 3 nitrogen and oxygen atoms in total. The van der Waals surface area contributed by atoms with Crippen molar-refractivity contribution < 1.29 is 0 Å². The number of nitrogens with zero attached hydrogens (tertiary/aromatic N) is 2. The van der Waals surface area contributed by atoms with E-state index in [0.29, 0.717) is 12.0 Å². The quantitative estimate of drug-likeness (QED) is 0.818. The third-order valence-corrected chi connectivity index (χ3v) is 4.66. The summed E-state index contributed by atoms with van der Waals surface area (Å²) in [6, 6.07) is 6.74. The van der Waals surface area contributed by atoms with Gasteiger partial charge in [-0.2, -0.15) is 0 Å². The Labute approximate surface area is 121 Å². The zero-order valence-corrected chi connectivity index (χ0v) is 12.8. The Hall–Kier alpha value is -1.51. The third kappa shape index (κ3) is 2.19. The van der Waals surface area contributed by atoms with E-state index in [2.05, 4.69) is 31.4 Å². The van der Waals surface area contributed by atoms with Gasteiger partial charge in [-0.25, -0.2) is 4.98 Å².